The van der Waals surface area contributed by atoms with E-state index in [4.69, 9.17) is 9.47 Å². The normalized spacial score (nSPS) is 18.0. The quantitative estimate of drug-likeness (QED) is 0.663. The second kappa shape index (κ2) is 7.22. The number of aromatic nitrogens is 6. The smallest absolute Gasteiger partial charge is 0.205 e. The van der Waals surface area contributed by atoms with Crippen molar-refractivity contribution in [1.29, 1.82) is 0 Å². The molecule has 0 unspecified atom stereocenters. The maximum Gasteiger partial charge on any atom is 0.205 e. The van der Waals surface area contributed by atoms with Gasteiger partial charge in [0.15, 0.2) is 0 Å². The van der Waals surface area contributed by atoms with Crippen molar-refractivity contribution in [3.63, 3.8) is 0 Å². The van der Waals surface area contributed by atoms with Crippen molar-refractivity contribution in [2.75, 3.05) is 38.3 Å². The van der Waals surface area contributed by atoms with Crippen LogP contribution < -0.4 is 4.90 Å². The molecular formula is C16H21N7O2S. The summed E-state index contributed by atoms with van der Waals surface area (Å²) in [5, 5.41) is 13.8. The summed E-state index contributed by atoms with van der Waals surface area (Å²) in [6.07, 6.45) is 1.40. The van der Waals surface area contributed by atoms with Gasteiger partial charge in [0, 0.05) is 18.5 Å². The number of hydrogen-bond acceptors (Lipinski definition) is 9. The largest absolute Gasteiger partial charge is 0.383 e. The highest BCUT2D eigenvalue weighted by atomic mass is 32.1. The Hall–Kier alpha value is -2.17. The van der Waals surface area contributed by atoms with Gasteiger partial charge in [-0.1, -0.05) is 0 Å². The number of nitrogens with zero attached hydrogens (tertiary/aromatic N) is 7. The summed E-state index contributed by atoms with van der Waals surface area (Å²) in [5.74, 6) is 1.55. The van der Waals surface area contributed by atoms with E-state index in [2.05, 4.69) is 44.1 Å². The fourth-order valence-electron chi connectivity index (χ4n) is 3.05. The van der Waals surface area contributed by atoms with Crippen molar-refractivity contribution in [2.45, 2.75) is 26.5 Å². The molecule has 1 atom stereocenters. The second-order valence-electron chi connectivity index (χ2n) is 6.20. The minimum Gasteiger partial charge on any atom is -0.383 e. The molecule has 1 aliphatic rings. The molecule has 0 radical (unpaired) electrons. The molecule has 1 fully saturated rings. The zero-order chi connectivity index (χ0) is 18.1. The van der Waals surface area contributed by atoms with Crippen molar-refractivity contribution in [2.24, 2.45) is 0 Å². The van der Waals surface area contributed by atoms with Gasteiger partial charge in [-0.05, 0) is 24.6 Å². The van der Waals surface area contributed by atoms with Gasteiger partial charge in [-0.15, -0.1) is 21.5 Å². The molecule has 0 aliphatic carbocycles. The minimum absolute atomic E-state index is 0.231. The third-order valence-electron chi connectivity index (χ3n) is 4.56. The molecule has 0 spiro atoms. The Morgan fingerprint density at radius 3 is 3.08 bits per heavy atom. The molecule has 0 aromatic carbocycles. The molecule has 3 aromatic rings. The topological polar surface area (TPSA) is 91.1 Å². The number of fused-ring (bicyclic) bond motifs is 1. The van der Waals surface area contributed by atoms with Gasteiger partial charge in [-0.25, -0.2) is 9.97 Å². The third-order valence-corrected chi connectivity index (χ3v) is 5.68. The van der Waals surface area contributed by atoms with Gasteiger partial charge in [-0.2, -0.15) is 4.80 Å². The first-order valence-electron chi connectivity index (χ1n) is 8.51. The lowest BCUT2D eigenvalue weighted by Gasteiger charge is -2.32. The van der Waals surface area contributed by atoms with E-state index in [9.17, 15) is 0 Å². The summed E-state index contributed by atoms with van der Waals surface area (Å²) < 4.78 is 10.9. The van der Waals surface area contributed by atoms with Crippen LogP contribution >= 0.6 is 11.3 Å². The van der Waals surface area contributed by atoms with Crippen molar-refractivity contribution in [1.82, 2.24) is 30.2 Å². The van der Waals surface area contributed by atoms with Crippen LogP contribution in [0, 0.1) is 13.8 Å². The van der Waals surface area contributed by atoms with Gasteiger partial charge in [0.05, 0.1) is 31.7 Å². The summed E-state index contributed by atoms with van der Waals surface area (Å²) in [7, 11) is 1.65. The number of thiophene rings is 1. The molecule has 10 heteroatoms. The average Bonchev–Trinajstić information content (AvgIpc) is 3.25. The monoisotopic (exact) mass is 375 g/mol. The summed E-state index contributed by atoms with van der Waals surface area (Å²) in [5.41, 5.74) is 1.24. The predicted octanol–water partition coefficient (Wildman–Crippen LogP) is 1.52. The second-order valence-corrected chi connectivity index (χ2v) is 7.41. The van der Waals surface area contributed by atoms with Gasteiger partial charge in [-0.3, -0.25) is 0 Å². The zero-order valence-electron chi connectivity index (χ0n) is 15.0. The lowest BCUT2D eigenvalue weighted by atomic mass is 10.2. The Morgan fingerprint density at radius 1 is 1.35 bits per heavy atom. The number of morpholine rings is 1. The number of anilines is 1. The van der Waals surface area contributed by atoms with Gasteiger partial charge in [0.25, 0.3) is 0 Å². The Labute approximate surface area is 154 Å². The lowest BCUT2D eigenvalue weighted by Crippen LogP contribution is -2.39. The van der Waals surface area contributed by atoms with Crippen LogP contribution in [0.2, 0.25) is 0 Å². The molecule has 0 amide bonds. The molecule has 138 valence electrons. The van der Waals surface area contributed by atoms with Crippen LogP contribution in [0.1, 0.15) is 22.4 Å². The summed E-state index contributed by atoms with van der Waals surface area (Å²) in [6.45, 7) is 7.36. The number of aryl methyl sites for hydroxylation is 2. The van der Waals surface area contributed by atoms with Crippen molar-refractivity contribution in [3.05, 3.63) is 22.6 Å². The van der Waals surface area contributed by atoms with Crippen LogP contribution in [0.25, 0.3) is 10.2 Å². The maximum absolute atomic E-state index is 5.89. The van der Waals surface area contributed by atoms with E-state index < -0.39 is 0 Å². The molecule has 1 saturated heterocycles. The van der Waals surface area contributed by atoms with E-state index in [1.165, 1.54) is 15.2 Å². The Kier molecular flexibility index (Phi) is 4.79. The van der Waals surface area contributed by atoms with Gasteiger partial charge in [0.2, 0.25) is 5.82 Å². The maximum atomic E-state index is 5.89. The predicted molar refractivity (Wildman–Crippen MR) is 97.5 cm³/mol. The minimum atomic E-state index is -0.231. The molecule has 4 rings (SSSR count). The van der Waals surface area contributed by atoms with E-state index in [1.807, 2.05) is 0 Å². The highest BCUT2D eigenvalue weighted by Crippen LogP contribution is 2.35. The fourth-order valence-corrected chi connectivity index (χ4v) is 4.05. The molecule has 4 heterocycles. The highest BCUT2D eigenvalue weighted by Gasteiger charge is 2.28. The Bertz CT molecular complexity index is 909. The summed E-state index contributed by atoms with van der Waals surface area (Å²) in [6, 6.07) is 0. The van der Waals surface area contributed by atoms with E-state index in [0.717, 1.165) is 22.6 Å². The molecule has 1 aliphatic heterocycles. The highest BCUT2D eigenvalue weighted by molar-refractivity contribution is 7.18. The van der Waals surface area contributed by atoms with Crippen LogP contribution in [0.5, 0.6) is 0 Å². The first kappa shape index (κ1) is 17.3. The van der Waals surface area contributed by atoms with Crippen LogP contribution in [0.15, 0.2) is 6.33 Å². The average molecular weight is 375 g/mol. The van der Waals surface area contributed by atoms with Gasteiger partial charge >= 0.3 is 0 Å². The van der Waals surface area contributed by atoms with Crippen molar-refractivity contribution in [3.8, 4) is 0 Å². The molecule has 0 bridgehead atoms. The van der Waals surface area contributed by atoms with Crippen LogP contribution in [-0.4, -0.2) is 63.6 Å². The molecular weight excluding hydrogens is 354 g/mol. The fraction of sp³-hybridized carbons (Fsp3) is 0.562. The van der Waals surface area contributed by atoms with Gasteiger partial charge < -0.3 is 14.4 Å². The van der Waals surface area contributed by atoms with E-state index in [1.54, 1.807) is 24.8 Å². The molecule has 26 heavy (non-hydrogen) atoms. The van der Waals surface area contributed by atoms with E-state index in [-0.39, 0.29) is 6.10 Å². The van der Waals surface area contributed by atoms with Crippen molar-refractivity contribution < 1.29 is 9.47 Å². The number of hydrogen-bond donors (Lipinski definition) is 0. The first-order valence-corrected chi connectivity index (χ1v) is 9.33. The zero-order valence-corrected chi connectivity index (χ0v) is 15.9. The number of rotatable bonds is 5. The number of methoxy groups -OCH3 is 1. The summed E-state index contributed by atoms with van der Waals surface area (Å²) >= 11 is 1.71. The number of tetrazole rings is 1. The molecule has 0 saturated carbocycles. The SMILES string of the molecule is COCCn1nnc([C@H]2CN(c3ncnc4sc(C)c(C)c34)CCO2)n1. The molecule has 0 N–H and O–H groups in total. The van der Waals surface area contributed by atoms with E-state index >= 15 is 0 Å². The summed E-state index contributed by atoms with van der Waals surface area (Å²) in [4.78, 5) is 15.1. The molecule has 9 nitrogen and oxygen atoms in total. The van der Waals surface area contributed by atoms with E-state index in [0.29, 0.717) is 32.1 Å². The van der Waals surface area contributed by atoms with Crippen LogP contribution in [0.4, 0.5) is 5.82 Å². The van der Waals surface area contributed by atoms with Gasteiger partial charge in [0.1, 0.15) is 23.1 Å². The Morgan fingerprint density at radius 2 is 2.23 bits per heavy atom. The van der Waals surface area contributed by atoms with Crippen molar-refractivity contribution >= 4 is 27.4 Å². The first-order chi connectivity index (χ1) is 12.7. The Balaban J connectivity index is 1.58. The third kappa shape index (κ3) is 3.15. The van der Waals surface area contributed by atoms with Crippen LogP contribution in [0.3, 0.4) is 0 Å². The van der Waals surface area contributed by atoms with Crippen LogP contribution in [-0.2, 0) is 16.0 Å². The standard InChI is InChI=1S/C16H21N7O2S/c1-10-11(2)26-16-13(10)15(17-9-18-16)22-4-7-25-12(8-22)14-19-21-23(20-14)5-6-24-3/h9,12H,4-8H2,1-3H3/t12-/m1/s1. The lowest BCUT2D eigenvalue weighted by molar-refractivity contribution is 0.0335. The molecule has 3 aromatic heterocycles. The number of ether oxygens (including phenoxy) is 2.